The van der Waals surface area contributed by atoms with E-state index in [1.807, 2.05) is 11.0 Å². The van der Waals surface area contributed by atoms with E-state index in [-0.39, 0.29) is 18.1 Å². The summed E-state index contributed by atoms with van der Waals surface area (Å²) in [5, 5.41) is 3.43. The summed E-state index contributed by atoms with van der Waals surface area (Å²) in [6, 6.07) is 12.4. The van der Waals surface area contributed by atoms with Gasteiger partial charge < -0.3 is 15.1 Å². The second-order valence-corrected chi connectivity index (χ2v) is 8.41. The maximum atomic E-state index is 13.2. The summed E-state index contributed by atoms with van der Waals surface area (Å²) in [6.45, 7) is 11.6. The van der Waals surface area contributed by atoms with Crippen molar-refractivity contribution in [1.29, 1.82) is 0 Å². The highest BCUT2D eigenvalue weighted by Gasteiger charge is 2.36. The highest BCUT2D eigenvalue weighted by molar-refractivity contribution is 5.83. The lowest BCUT2D eigenvalue weighted by atomic mass is 10.1. The summed E-state index contributed by atoms with van der Waals surface area (Å²) in [6.07, 6.45) is -0.225. The molecule has 2 aliphatic heterocycles. The van der Waals surface area contributed by atoms with Gasteiger partial charge in [0.2, 0.25) is 5.91 Å². The molecule has 2 aliphatic rings. The number of piperazine rings is 1. The van der Waals surface area contributed by atoms with Crippen LogP contribution in [0.3, 0.4) is 0 Å². The number of nitrogens with one attached hydrogen (secondary N) is 4. The topological polar surface area (TPSA) is 71.7 Å². The first-order chi connectivity index (χ1) is 14.4. The average Bonchev–Trinajstić information content (AvgIpc) is 3.20. The van der Waals surface area contributed by atoms with Crippen LogP contribution >= 0.6 is 0 Å². The van der Waals surface area contributed by atoms with E-state index in [1.54, 1.807) is 0 Å². The third-order valence-corrected chi connectivity index (χ3v) is 6.18. The molecule has 2 atom stereocenters. The number of hydrogen-bond acceptors (Lipinski definition) is 6. The lowest BCUT2D eigenvalue weighted by molar-refractivity contribution is -0.133. The van der Waals surface area contributed by atoms with Gasteiger partial charge in [-0.3, -0.25) is 4.79 Å². The Balaban J connectivity index is 1.38. The van der Waals surface area contributed by atoms with Crippen molar-refractivity contribution in [2.75, 3.05) is 36.4 Å². The van der Waals surface area contributed by atoms with Crippen molar-refractivity contribution >= 4 is 17.3 Å². The normalized spacial score (nSPS) is 21.7. The van der Waals surface area contributed by atoms with Gasteiger partial charge in [0.1, 0.15) is 12.2 Å². The van der Waals surface area contributed by atoms with Gasteiger partial charge >= 0.3 is 0 Å². The molecule has 0 bridgehead atoms. The van der Waals surface area contributed by atoms with Crippen LogP contribution in [0.5, 0.6) is 0 Å². The summed E-state index contributed by atoms with van der Waals surface area (Å²) >= 11 is 0. The van der Waals surface area contributed by atoms with Crippen LogP contribution < -0.4 is 26.6 Å². The fourth-order valence-corrected chi connectivity index (χ4v) is 4.12. The fourth-order valence-electron chi connectivity index (χ4n) is 4.12. The molecule has 2 unspecified atom stereocenters. The van der Waals surface area contributed by atoms with Crippen molar-refractivity contribution < 1.29 is 4.79 Å². The van der Waals surface area contributed by atoms with Crippen LogP contribution in [-0.4, -0.2) is 49.2 Å². The predicted octanol–water partition coefficient (Wildman–Crippen LogP) is 1.99. The molecule has 7 nitrogen and oxygen atoms in total. The Morgan fingerprint density at radius 3 is 2.37 bits per heavy atom. The van der Waals surface area contributed by atoms with Crippen LogP contribution in [-0.2, 0) is 4.79 Å². The van der Waals surface area contributed by atoms with Gasteiger partial charge in [-0.05, 0) is 68.1 Å². The SMILES string of the molecule is Cc1ccc(C)c(N2CCN(C(=O)C3NNNC3Nc3ccc(C)c(C)c3)CC2)c1. The van der Waals surface area contributed by atoms with Crippen LogP contribution in [0.15, 0.2) is 36.4 Å². The monoisotopic (exact) mass is 408 g/mol. The number of hydrazine groups is 2. The minimum Gasteiger partial charge on any atom is -0.368 e. The molecule has 2 aromatic rings. The van der Waals surface area contributed by atoms with Crippen molar-refractivity contribution in [2.24, 2.45) is 0 Å². The van der Waals surface area contributed by atoms with Gasteiger partial charge in [-0.1, -0.05) is 18.2 Å². The van der Waals surface area contributed by atoms with E-state index in [9.17, 15) is 4.79 Å². The standard InChI is InChI=1S/C23H32N6O/c1-15-5-6-17(3)20(13-15)28-9-11-29(12-10-28)23(30)21-22(26-27-25-21)24-19-8-7-16(2)18(4)14-19/h5-8,13-14,21-22,24-27H,9-12H2,1-4H3. The molecule has 1 amide bonds. The number of nitrogens with zero attached hydrogens (tertiary/aromatic N) is 2. The molecule has 2 aromatic carbocycles. The van der Waals surface area contributed by atoms with E-state index in [2.05, 4.69) is 84.6 Å². The molecule has 4 N–H and O–H groups in total. The number of carbonyl (C=O) groups excluding carboxylic acids is 1. The maximum Gasteiger partial charge on any atom is 0.244 e. The van der Waals surface area contributed by atoms with E-state index in [1.165, 1.54) is 27.9 Å². The highest BCUT2D eigenvalue weighted by atomic mass is 16.2. The molecule has 0 spiro atoms. The molecule has 4 rings (SSSR count). The minimum absolute atomic E-state index is 0.106. The predicted molar refractivity (Wildman–Crippen MR) is 121 cm³/mol. The highest BCUT2D eigenvalue weighted by Crippen LogP contribution is 2.23. The number of hydrogen-bond donors (Lipinski definition) is 4. The second kappa shape index (κ2) is 8.63. The van der Waals surface area contributed by atoms with Crippen molar-refractivity contribution in [3.8, 4) is 0 Å². The van der Waals surface area contributed by atoms with Gasteiger partial charge in [0, 0.05) is 37.6 Å². The van der Waals surface area contributed by atoms with Crippen LogP contribution in [0.25, 0.3) is 0 Å². The summed E-state index contributed by atoms with van der Waals surface area (Å²) < 4.78 is 0. The molecule has 0 radical (unpaired) electrons. The summed E-state index contributed by atoms with van der Waals surface area (Å²) in [7, 11) is 0. The van der Waals surface area contributed by atoms with Gasteiger partial charge in [0.15, 0.2) is 0 Å². The average molecular weight is 409 g/mol. The van der Waals surface area contributed by atoms with E-state index in [0.717, 1.165) is 31.9 Å². The van der Waals surface area contributed by atoms with Gasteiger partial charge in [0.25, 0.3) is 0 Å². The molecule has 7 heteroatoms. The summed E-state index contributed by atoms with van der Waals surface area (Å²) in [4.78, 5) is 17.6. The Hall–Kier alpha value is -2.61. The summed E-state index contributed by atoms with van der Waals surface area (Å²) in [5.74, 6) is 0.106. The van der Waals surface area contributed by atoms with Gasteiger partial charge in [-0.25, -0.2) is 10.9 Å². The third-order valence-electron chi connectivity index (χ3n) is 6.18. The van der Waals surface area contributed by atoms with Crippen molar-refractivity contribution in [3.05, 3.63) is 58.7 Å². The quantitative estimate of drug-likeness (QED) is 0.620. The van der Waals surface area contributed by atoms with Crippen molar-refractivity contribution in [1.82, 2.24) is 21.3 Å². The molecule has 160 valence electrons. The number of carbonyl (C=O) groups is 1. The molecular weight excluding hydrogens is 376 g/mol. The molecular formula is C23H32N6O. The summed E-state index contributed by atoms with van der Waals surface area (Å²) in [5.41, 5.74) is 16.4. The zero-order chi connectivity index (χ0) is 21.3. The maximum absolute atomic E-state index is 13.2. The zero-order valence-corrected chi connectivity index (χ0v) is 18.2. The molecule has 2 saturated heterocycles. The smallest absolute Gasteiger partial charge is 0.244 e. The van der Waals surface area contributed by atoms with Crippen molar-refractivity contribution in [3.63, 3.8) is 0 Å². The van der Waals surface area contributed by atoms with Gasteiger partial charge in [0.05, 0.1) is 0 Å². The third kappa shape index (κ3) is 4.28. The first-order valence-electron chi connectivity index (χ1n) is 10.6. The Bertz CT molecular complexity index is 922. The molecule has 0 aromatic heterocycles. The lowest BCUT2D eigenvalue weighted by Gasteiger charge is -2.38. The molecule has 30 heavy (non-hydrogen) atoms. The Labute approximate surface area is 178 Å². The van der Waals surface area contributed by atoms with E-state index >= 15 is 0 Å². The molecule has 2 heterocycles. The van der Waals surface area contributed by atoms with E-state index in [4.69, 9.17) is 0 Å². The van der Waals surface area contributed by atoms with Crippen LogP contribution in [0.1, 0.15) is 22.3 Å². The number of anilines is 2. The molecule has 0 saturated carbocycles. The Morgan fingerprint density at radius 2 is 1.63 bits per heavy atom. The zero-order valence-electron chi connectivity index (χ0n) is 18.2. The number of benzene rings is 2. The molecule has 2 fully saturated rings. The lowest BCUT2D eigenvalue weighted by Crippen LogP contribution is -2.57. The first kappa shape index (κ1) is 20.7. The Kier molecular flexibility index (Phi) is 5.94. The number of aryl methyl sites for hydroxylation is 4. The number of amides is 1. The fraction of sp³-hybridized carbons (Fsp3) is 0.435. The second-order valence-electron chi connectivity index (χ2n) is 8.41. The first-order valence-corrected chi connectivity index (χ1v) is 10.6. The molecule has 0 aliphatic carbocycles. The van der Waals surface area contributed by atoms with Gasteiger partial charge in [-0.15, -0.1) is 0 Å². The van der Waals surface area contributed by atoms with Crippen LogP contribution in [0.4, 0.5) is 11.4 Å². The van der Waals surface area contributed by atoms with Crippen LogP contribution in [0.2, 0.25) is 0 Å². The van der Waals surface area contributed by atoms with E-state index < -0.39 is 0 Å². The van der Waals surface area contributed by atoms with E-state index in [0.29, 0.717) is 0 Å². The minimum atomic E-state index is -0.376. The Morgan fingerprint density at radius 1 is 0.900 bits per heavy atom. The largest absolute Gasteiger partial charge is 0.368 e. The number of rotatable bonds is 4. The van der Waals surface area contributed by atoms with Crippen molar-refractivity contribution in [2.45, 2.75) is 39.9 Å². The van der Waals surface area contributed by atoms with Crippen LogP contribution in [0, 0.1) is 27.7 Å². The van der Waals surface area contributed by atoms with Gasteiger partial charge in [-0.2, -0.15) is 5.53 Å².